The van der Waals surface area contributed by atoms with Crippen LogP contribution in [0.2, 0.25) is 0 Å². The molecule has 0 N–H and O–H groups in total. The van der Waals surface area contributed by atoms with Gasteiger partial charge in [0.1, 0.15) is 0 Å². The maximum atomic E-state index is 2.24. The first-order valence-corrected chi connectivity index (χ1v) is 2.15. The van der Waals surface area contributed by atoms with Crippen molar-refractivity contribution < 1.29 is 0 Å². The van der Waals surface area contributed by atoms with Crippen LogP contribution in [0, 0.1) is 0 Å². The van der Waals surface area contributed by atoms with Crippen LogP contribution in [0.1, 0.15) is 19.3 Å². The van der Waals surface area contributed by atoms with Crippen LogP contribution in [-0.4, -0.2) is 37.7 Å². The van der Waals surface area contributed by atoms with E-state index in [4.69, 9.17) is 0 Å². The summed E-state index contributed by atoms with van der Waals surface area (Å²) in [7, 11) is 0. The zero-order valence-corrected chi connectivity index (χ0v) is 3.28. The molecular weight excluding hydrogens is 100 g/mol. The molecule has 0 spiro atoms. The Balaban J connectivity index is 0.000000250. The Bertz CT molecular complexity index is 41.9. The zero-order chi connectivity index (χ0) is 3.54. The van der Waals surface area contributed by atoms with Crippen molar-refractivity contribution in [2.45, 2.75) is 19.3 Å². The molecular formula is C5H10Ca. The van der Waals surface area contributed by atoms with Gasteiger partial charge in [-0.25, -0.2) is 0 Å². The zero-order valence-electron chi connectivity index (χ0n) is 3.28. The normalized spacial score (nSPS) is 17.3. The predicted molar refractivity (Wildman–Crippen MR) is 31.5 cm³/mol. The fourth-order valence-electron chi connectivity index (χ4n) is 0.589. The van der Waals surface area contributed by atoms with Gasteiger partial charge in [0, 0.05) is 0 Å². The van der Waals surface area contributed by atoms with Crippen molar-refractivity contribution in [2.75, 3.05) is 0 Å². The van der Waals surface area contributed by atoms with E-state index in [-0.39, 0.29) is 37.7 Å². The average Bonchev–Trinajstić information content (AvgIpc) is 1.76. The molecule has 0 aromatic heterocycles. The Labute approximate surface area is 68.6 Å². The molecule has 0 heterocycles. The van der Waals surface area contributed by atoms with Crippen LogP contribution >= 0.6 is 0 Å². The summed E-state index contributed by atoms with van der Waals surface area (Å²) in [6.45, 7) is 0. The fraction of sp³-hybridized carbons (Fsp3) is 0.600. The monoisotopic (exact) mass is 110 g/mol. The van der Waals surface area contributed by atoms with Crippen molar-refractivity contribution in [1.29, 1.82) is 0 Å². The number of allylic oxidation sites excluding steroid dienone is 2. The third-order valence-corrected chi connectivity index (χ3v) is 0.908. The van der Waals surface area contributed by atoms with Gasteiger partial charge in [0.25, 0.3) is 0 Å². The van der Waals surface area contributed by atoms with Gasteiger partial charge >= 0.3 is 37.7 Å². The van der Waals surface area contributed by atoms with E-state index in [1.165, 1.54) is 19.3 Å². The summed E-state index contributed by atoms with van der Waals surface area (Å²) < 4.78 is 0. The summed E-state index contributed by atoms with van der Waals surface area (Å²) in [5.74, 6) is 0. The Hall–Kier alpha value is 1.000. The molecule has 0 bridgehead atoms. The van der Waals surface area contributed by atoms with Crippen molar-refractivity contribution >= 4 is 37.7 Å². The van der Waals surface area contributed by atoms with Crippen LogP contribution in [0.15, 0.2) is 12.2 Å². The van der Waals surface area contributed by atoms with Gasteiger partial charge in [-0.05, 0) is 19.3 Å². The van der Waals surface area contributed by atoms with Crippen LogP contribution < -0.4 is 0 Å². The molecule has 0 amide bonds. The summed E-state index contributed by atoms with van der Waals surface area (Å²) >= 11 is 0. The second-order valence-corrected chi connectivity index (χ2v) is 1.40. The van der Waals surface area contributed by atoms with E-state index in [1.54, 1.807) is 0 Å². The standard InChI is InChI=1S/C5H8.Ca.2H/c1-2-4-5-3-1;;;/h1-2H,3-5H2;;;. The van der Waals surface area contributed by atoms with Gasteiger partial charge in [-0.3, -0.25) is 0 Å². The van der Waals surface area contributed by atoms with E-state index in [0.29, 0.717) is 0 Å². The van der Waals surface area contributed by atoms with E-state index in [9.17, 15) is 0 Å². The van der Waals surface area contributed by atoms with Crippen LogP contribution in [0.25, 0.3) is 0 Å². The van der Waals surface area contributed by atoms with Crippen LogP contribution in [0.4, 0.5) is 0 Å². The van der Waals surface area contributed by atoms with Gasteiger partial charge in [0.2, 0.25) is 0 Å². The second-order valence-electron chi connectivity index (χ2n) is 1.40. The van der Waals surface area contributed by atoms with Crippen LogP contribution in [0.3, 0.4) is 0 Å². The molecule has 0 saturated heterocycles. The molecule has 0 atom stereocenters. The van der Waals surface area contributed by atoms with Crippen molar-refractivity contribution in [3.8, 4) is 0 Å². The van der Waals surface area contributed by atoms with Crippen molar-refractivity contribution in [3.05, 3.63) is 12.2 Å². The van der Waals surface area contributed by atoms with Gasteiger partial charge in [-0.1, -0.05) is 12.2 Å². The van der Waals surface area contributed by atoms with Gasteiger partial charge in [-0.2, -0.15) is 0 Å². The third kappa shape index (κ3) is 2.22. The first-order valence-electron chi connectivity index (χ1n) is 2.15. The van der Waals surface area contributed by atoms with Gasteiger partial charge in [-0.15, -0.1) is 0 Å². The van der Waals surface area contributed by atoms with Crippen LogP contribution in [0.5, 0.6) is 0 Å². The maximum absolute atomic E-state index is 2.24. The Kier molecular flexibility index (Phi) is 4.86. The summed E-state index contributed by atoms with van der Waals surface area (Å²) in [6.07, 6.45) is 8.50. The fourth-order valence-corrected chi connectivity index (χ4v) is 0.589. The molecule has 1 aliphatic carbocycles. The average molecular weight is 110 g/mol. The number of rotatable bonds is 0. The molecule has 1 rings (SSSR count). The molecule has 1 heteroatoms. The van der Waals surface area contributed by atoms with E-state index in [1.807, 2.05) is 0 Å². The SMILES string of the molecule is C1=CCCC1.[CaH2]. The van der Waals surface area contributed by atoms with Crippen molar-refractivity contribution in [1.82, 2.24) is 0 Å². The van der Waals surface area contributed by atoms with Gasteiger partial charge in [0.05, 0.1) is 0 Å². The predicted octanol–water partition coefficient (Wildman–Crippen LogP) is 0.810. The Morgan fingerprint density at radius 3 is 1.67 bits per heavy atom. The topological polar surface area (TPSA) is 0 Å². The van der Waals surface area contributed by atoms with E-state index < -0.39 is 0 Å². The molecule has 0 radical (unpaired) electrons. The minimum absolute atomic E-state index is 0. The second kappa shape index (κ2) is 4.17. The molecule has 0 fully saturated rings. The molecule has 0 aliphatic heterocycles. The Morgan fingerprint density at radius 2 is 1.50 bits per heavy atom. The van der Waals surface area contributed by atoms with Gasteiger partial charge in [0.15, 0.2) is 0 Å². The summed E-state index contributed by atoms with van der Waals surface area (Å²) in [5.41, 5.74) is 0. The summed E-state index contributed by atoms with van der Waals surface area (Å²) in [6, 6.07) is 0. The van der Waals surface area contributed by atoms with Crippen molar-refractivity contribution in [2.24, 2.45) is 0 Å². The molecule has 0 aromatic rings. The summed E-state index contributed by atoms with van der Waals surface area (Å²) in [4.78, 5) is 0. The van der Waals surface area contributed by atoms with E-state index >= 15 is 0 Å². The molecule has 0 nitrogen and oxygen atoms in total. The number of hydrogen-bond donors (Lipinski definition) is 0. The Morgan fingerprint density at radius 1 is 1.00 bits per heavy atom. The third-order valence-electron chi connectivity index (χ3n) is 0.908. The number of hydrogen-bond acceptors (Lipinski definition) is 0. The molecule has 0 saturated carbocycles. The molecule has 1 aliphatic rings. The first-order chi connectivity index (χ1) is 2.50. The quantitative estimate of drug-likeness (QED) is 0.320. The molecule has 32 valence electrons. The van der Waals surface area contributed by atoms with Crippen LogP contribution in [-0.2, 0) is 0 Å². The van der Waals surface area contributed by atoms with E-state index in [2.05, 4.69) is 12.2 Å². The van der Waals surface area contributed by atoms with Gasteiger partial charge < -0.3 is 0 Å². The molecule has 6 heavy (non-hydrogen) atoms. The summed E-state index contributed by atoms with van der Waals surface area (Å²) in [5, 5.41) is 0. The van der Waals surface area contributed by atoms with E-state index in [0.717, 1.165) is 0 Å². The molecule has 0 unspecified atom stereocenters. The molecule has 0 aromatic carbocycles. The minimum atomic E-state index is 0. The first kappa shape index (κ1) is 7.00. The van der Waals surface area contributed by atoms with Crippen molar-refractivity contribution in [3.63, 3.8) is 0 Å².